The van der Waals surface area contributed by atoms with Crippen molar-refractivity contribution in [2.75, 3.05) is 39.9 Å². The maximum absolute atomic E-state index is 11.9. The third-order valence-electron chi connectivity index (χ3n) is 3.66. The highest BCUT2D eigenvalue weighted by Crippen LogP contribution is 2.17. The zero-order chi connectivity index (χ0) is 15.2. The van der Waals surface area contributed by atoms with E-state index in [0.717, 1.165) is 32.5 Å². The number of hydrogen-bond donors (Lipinski definition) is 2. The molecule has 0 aromatic carbocycles. The number of ether oxygens (including phenoxy) is 1. The lowest BCUT2D eigenvalue weighted by atomic mass is 9.94. The minimum absolute atomic E-state index is 0.106. The molecule has 0 spiro atoms. The molecule has 1 aliphatic rings. The van der Waals surface area contributed by atoms with Crippen molar-refractivity contribution < 1.29 is 14.6 Å². The molecule has 5 nitrogen and oxygen atoms in total. The predicted molar refractivity (Wildman–Crippen MR) is 79.5 cm³/mol. The van der Waals surface area contributed by atoms with Crippen molar-refractivity contribution >= 4 is 5.91 Å². The molecule has 118 valence electrons. The van der Waals surface area contributed by atoms with E-state index >= 15 is 0 Å². The third-order valence-corrected chi connectivity index (χ3v) is 3.66. The van der Waals surface area contributed by atoms with Crippen LogP contribution < -0.4 is 5.32 Å². The molecular formula is C15H30N2O3. The van der Waals surface area contributed by atoms with Crippen molar-refractivity contribution in [3.05, 3.63) is 0 Å². The number of aliphatic hydroxyl groups excluding tert-OH is 1. The Morgan fingerprint density at radius 1 is 1.50 bits per heavy atom. The molecule has 1 amide bonds. The molecule has 1 rings (SSSR count). The van der Waals surface area contributed by atoms with Gasteiger partial charge in [-0.3, -0.25) is 4.79 Å². The Bertz CT molecular complexity index is 302. The molecule has 2 atom stereocenters. The van der Waals surface area contributed by atoms with Gasteiger partial charge in [0, 0.05) is 32.2 Å². The Morgan fingerprint density at radius 3 is 2.80 bits per heavy atom. The van der Waals surface area contributed by atoms with Gasteiger partial charge in [-0.2, -0.15) is 0 Å². The number of nitrogens with one attached hydrogen (secondary N) is 1. The van der Waals surface area contributed by atoms with Gasteiger partial charge in [-0.1, -0.05) is 20.8 Å². The molecule has 0 bridgehead atoms. The van der Waals surface area contributed by atoms with Crippen LogP contribution in [0.5, 0.6) is 0 Å². The lowest BCUT2D eigenvalue weighted by Gasteiger charge is -2.34. The van der Waals surface area contributed by atoms with Crippen LogP contribution >= 0.6 is 0 Å². The van der Waals surface area contributed by atoms with Gasteiger partial charge in [0.25, 0.3) is 0 Å². The molecule has 1 aliphatic heterocycles. The molecule has 20 heavy (non-hydrogen) atoms. The fourth-order valence-corrected chi connectivity index (χ4v) is 2.53. The first-order valence-electron chi connectivity index (χ1n) is 7.50. The SMILES string of the molecule is COC[C@H](O)CN1CCC[C@H](CNC(=O)C(C)(C)C)C1. The van der Waals surface area contributed by atoms with Gasteiger partial charge in [0.2, 0.25) is 5.91 Å². The van der Waals surface area contributed by atoms with Crippen molar-refractivity contribution in [3.8, 4) is 0 Å². The van der Waals surface area contributed by atoms with Gasteiger partial charge in [-0.15, -0.1) is 0 Å². The Balaban J connectivity index is 2.32. The van der Waals surface area contributed by atoms with Crippen molar-refractivity contribution in [2.45, 2.75) is 39.7 Å². The number of nitrogens with zero attached hydrogens (tertiary/aromatic N) is 1. The van der Waals surface area contributed by atoms with E-state index in [1.54, 1.807) is 7.11 Å². The fourth-order valence-electron chi connectivity index (χ4n) is 2.53. The van der Waals surface area contributed by atoms with E-state index < -0.39 is 6.10 Å². The summed E-state index contributed by atoms with van der Waals surface area (Å²) < 4.78 is 4.95. The minimum atomic E-state index is -0.428. The maximum atomic E-state index is 11.9. The predicted octanol–water partition coefficient (Wildman–Crippen LogP) is 0.868. The standard InChI is InChI=1S/C15H30N2O3/c1-15(2,3)14(19)16-8-12-6-5-7-17(9-12)10-13(18)11-20-4/h12-13,18H,5-11H2,1-4H3,(H,16,19)/t12-,13-/m1/s1. The third kappa shape index (κ3) is 6.20. The van der Waals surface area contributed by atoms with Crippen LogP contribution in [0.4, 0.5) is 0 Å². The zero-order valence-corrected chi connectivity index (χ0v) is 13.3. The van der Waals surface area contributed by atoms with Crippen LogP contribution in [-0.4, -0.2) is 61.9 Å². The number of amides is 1. The van der Waals surface area contributed by atoms with Gasteiger partial charge >= 0.3 is 0 Å². The summed E-state index contributed by atoms with van der Waals surface area (Å²) in [6, 6.07) is 0. The van der Waals surface area contributed by atoms with Gasteiger partial charge in [0.1, 0.15) is 0 Å². The number of carbonyl (C=O) groups is 1. The van der Waals surface area contributed by atoms with E-state index in [-0.39, 0.29) is 11.3 Å². The highest BCUT2D eigenvalue weighted by atomic mass is 16.5. The molecule has 0 aliphatic carbocycles. The molecule has 1 saturated heterocycles. The highest BCUT2D eigenvalue weighted by molar-refractivity contribution is 5.81. The molecule has 1 heterocycles. The van der Waals surface area contributed by atoms with E-state index in [1.807, 2.05) is 20.8 Å². The van der Waals surface area contributed by atoms with E-state index in [4.69, 9.17) is 4.74 Å². The number of rotatable bonds is 6. The Kier molecular flexibility index (Phi) is 6.92. The summed E-state index contributed by atoms with van der Waals surface area (Å²) in [7, 11) is 1.60. The van der Waals surface area contributed by atoms with Gasteiger partial charge in [0.15, 0.2) is 0 Å². The van der Waals surface area contributed by atoms with Gasteiger partial charge < -0.3 is 20.1 Å². The van der Waals surface area contributed by atoms with Crippen LogP contribution in [0.3, 0.4) is 0 Å². The summed E-state index contributed by atoms with van der Waals surface area (Å²) in [5.74, 6) is 0.582. The van der Waals surface area contributed by atoms with E-state index in [0.29, 0.717) is 19.1 Å². The average molecular weight is 286 g/mol. The Hall–Kier alpha value is -0.650. The fraction of sp³-hybridized carbons (Fsp3) is 0.933. The van der Waals surface area contributed by atoms with E-state index in [9.17, 15) is 9.90 Å². The largest absolute Gasteiger partial charge is 0.389 e. The normalized spacial score (nSPS) is 22.6. The molecule has 0 aromatic rings. The number of carbonyl (C=O) groups excluding carboxylic acids is 1. The first-order chi connectivity index (χ1) is 9.32. The summed E-state index contributed by atoms with van der Waals surface area (Å²) in [6.07, 6.45) is 1.83. The molecule has 0 radical (unpaired) electrons. The number of aliphatic hydroxyl groups is 1. The summed E-state index contributed by atoms with van der Waals surface area (Å²) in [5, 5.41) is 12.8. The highest BCUT2D eigenvalue weighted by Gasteiger charge is 2.25. The maximum Gasteiger partial charge on any atom is 0.225 e. The summed E-state index contributed by atoms with van der Waals surface area (Å²) in [5.41, 5.74) is -0.330. The van der Waals surface area contributed by atoms with Crippen LogP contribution in [0.25, 0.3) is 0 Å². The summed E-state index contributed by atoms with van der Waals surface area (Å²) in [6.45, 7) is 9.49. The second-order valence-electron chi connectivity index (χ2n) is 6.84. The molecule has 0 saturated carbocycles. The number of β-amino-alcohol motifs (C(OH)–C–C–N with tert-alkyl or cyclic N) is 1. The van der Waals surface area contributed by atoms with Crippen molar-refractivity contribution in [3.63, 3.8) is 0 Å². The van der Waals surface area contributed by atoms with Gasteiger partial charge in [-0.05, 0) is 25.3 Å². The molecule has 1 fully saturated rings. The molecule has 2 N–H and O–H groups in total. The van der Waals surface area contributed by atoms with Crippen LogP contribution in [-0.2, 0) is 9.53 Å². The number of methoxy groups -OCH3 is 1. The van der Waals surface area contributed by atoms with Crippen LogP contribution in [0.1, 0.15) is 33.6 Å². The monoisotopic (exact) mass is 286 g/mol. The molecular weight excluding hydrogens is 256 g/mol. The van der Waals surface area contributed by atoms with Crippen molar-refractivity contribution in [1.82, 2.24) is 10.2 Å². The lowest BCUT2D eigenvalue weighted by molar-refractivity contribution is -0.128. The smallest absolute Gasteiger partial charge is 0.225 e. The van der Waals surface area contributed by atoms with Gasteiger partial charge in [-0.25, -0.2) is 0 Å². The minimum Gasteiger partial charge on any atom is -0.389 e. The first-order valence-corrected chi connectivity index (χ1v) is 7.50. The first kappa shape index (κ1) is 17.4. The van der Waals surface area contributed by atoms with E-state index in [2.05, 4.69) is 10.2 Å². The van der Waals surface area contributed by atoms with Crippen molar-refractivity contribution in [2.24, 2.45) is 11.3 Å². The van der Waals surface area contributed by atoms with Crippen LogP contribution in [0.2, 0.25) is 0 Å². The summed E-state index contributed by atoms with van der Waals surface area (Å²) >= 11 is 0. The number of hydrogen-bond acceptors (Lipinski definition) is 4. The van der Waals surface area contributed by atoms with E-state index in [1.165, 1.54) is 0 Å². The second kappa shape index (κ2) is 7.96. The van der Waals surface area contributed by atoms with Crippen LogP contribution in [0, 0.1) is 11.3 Å². The Labute approximate surface area is 122 Å². The number of likely N-dealkylation sites (tertiary alicyclic amines) is 1. The Morgan fingerprint density at radius 2 is 2.20 bits per heavy atom. The second-order valence-corrected chi connectivity index (χ2v) is 6.84. The molecule has 0 aromatic heterocycles. The zero-order valence-electron chi connectivity index (χ0n) is 13.3. The topological polar surface area (TPSA) is 61.8 Å². The van der Waals surface area contributed by atoms with Crippen molar-refractivity contribution in [1.29, 1.82) is 0 Å². The summed E-state index contributed by atoms with van der Waals surface area (Å²) in [4.78, 5) is 14.1. The number of piperidine rings is 1. The molecule has 0 unspecified atom stereocenters. The quantitative estimate of drug-likeness (QED) is 0.760. The van der Waals surface area contributed by atoms with Gasteiger partial charge in [0.05, 0.1) is 12.7 Å². The molecule has 5 heteroatoms. The average Bonchev–Trinajstić information content (AvgIpc) is 2.35. The van der Waals surface area contributed by atoms with Crippen LogP contribution in [0.15, 0.2) is 0 Å². The lowest BCUT2D eigenvalue weighted by Crippen LogP contribution is -2.45.